The molecule has 0 radical (unpaired) electrons. The van der Waals surface area contributed by atoms with Crippen molar-refractivity contribution in [3.05, 3.63) is 29.1 Å². The molecular weight excluding hydrogens is 257 g/mol. The lowest BCUT2D eigenvalue weighted by molar-refractivity contribution is 0.188. The average Bonchev–Trinajstić information content (AvgIpc) is 2.42. The molecule has 1 fully saturated rings. The summed E-state index contributed by atoms with van der Waals surface area (Å²) < 4.78 is 13.7. The van der Waals surface area contributed by atoms with Gasteiger partial charge in [-0.05, 0) is 37.1 Å². The van der Waals surface area contributed by atoms with E-state index in [0.717, 1.165) is 44.0 Å². The Bertz CT molecular complexity index is 457. The number of β-amino-alcohol motifs (C(OH)–C–C–N with tert-alkyl or cyclic N) is 1. The number of benzene rings is 1. The summed E-state index contributed by atoms with van der Waals surface area (Å²) in [5.41, 5.74) is 8.54. The molecule has 2 rings (SSSR count). The Balaban J connectivity index is 2.18. The summed E-state index contributed by atoms with van der Waals surface area (Å²) in [5.74, 6) is -0.194. The van der Waals surface area contributed by atoms with Gasteiger partial charge in [0.15, 0.2) is 0 Å². The molecule has 5 heteroatoms. The van der Waals surface area contributed by atoms with Gasteiger partial charge in [-0.3, -0.25) is 4.90 Å². The number of anilines is 1. The van der Waals surface area contributed by atoms with Gasteiger partial charge in [0.2, 0.25) is 0 Å². The first-order valence-electron chi connectivity index (χ1n) is 7.16. The lowest BCUT2D eigenvalue weighted by Gasteiger charge is -2.37. The summed E-state index contributed by atoms with van der Waals surface area (Å²) in [6.07, 6.45) is 0. The quantitative estimate of drug-likeness (QED) is 0.872. The van der Waals surface area contributed by atoms with Crippen LogP contribution in [0.15, 0.2) is 12.1 Å². The van der Waals surface area contributed by atoms with Gasteiger partial charge in [-0.25, -0.2) is 4.39 Å². The monoisotopic (exact) mass is 281 g/mol. The van der Waals surface area contributed by atoms with E-state index in [-0.39, 0.29) is 18.5 Å². The number of nitrogens with two attached hydrogens (primary N) is 1. The molecule has 1 atom stereocenters. The van der Waals surface area contributed by atoms with E-state index < -0.39 is 0 Å². The topological polar surface area (TPSA) is 52.7 Å². The average molecular weight is 281 g/mol. The maximum atomic E-state index is 13.7. The van der Waals surface area contributed by atoms with Crippen molar-refractivity contribution in [3.63, 3.8) is 0 Å². The molecule has 0 amide bonds. The Morgan fingerprint density at radius 1 is 1.30 bits per heavy atom. The predicted molar refractivity (Wildman–Crippen MR) is 79.5 cm³/mol. The third kappa shape index (κ3) is 3.29. The van der Waals surface area contributed by atoms with Crippen molar-refractivity contribution in [2.24, 2.45) is 5.73 Å². The molecule has 3 N–H and O–H groups in total. The molecule has 0 aromatic heterocycles. The minimum absolute atomic E-state index is 0.185. The standard InChI is InChI=1S/C15H24FN3O/c1-11-9-15(13(12(2)17)10-14(11)16)19-5-3-18(4-6-19)7-8-20/h9-10,12,20H,3-8,17H2,1-2H3/t12-/m0/s1. The molecule has 1 saturated heterocycles. The van der Waals surface area contributed by atoms with Crippen LogP contribution in [0, 0.1) is 12.7 Å². The van der Waals surface area contributed by atoms with E-state index in [1.54, 1.807) is 13.0 Å². The zero-order valence-corrected chi connectivity index (χ0v) is 12.3. The van der Waals surface area contributed by atoms with E-state index in [9.17, 15) is 4.39 Å². The fourth-order valence-corrected chi connectivity index (χ4v) is 2.67. The van der Waals surface area contributed by atoms with E-state index in [1.807, 2.05) is 13.0 Å². The number of piperazine rings is 1. The first kappa shape index (κ1) is 15.2. The summed E-state index contributed by atoms with van der Waals surface area (Å²) in [5, 5.41) is 8.97. The molecule has 1 aromatic rings. The van der Waals surface area contributed by atoms with Crippen molar-refractivity contribution in [2.75, 3.05) is 44.2 Å². The molecule has 1 heterocycles. The first-order valence-corrected chi connectivity index (χ1v) is 7.16. The molecule has 1 aliphatic heterocycles. The van der Waals surface area contributed by atoms with Crippen LogP contribution in [0.5, 0.6) is 0 Å². The minimum atomic E-state index is -0.194. The van der Waals surface area contributed by atoms with Gasteiger partial charge in [0.05, 0.1) is 6.61 Å². The van der Waals surface area contributed by atoms with Crippen molar-refractivity contribution in [1.29, 1.82) is 0 Å². The van der Waals surface area contributed by atoms with E-state index in [4.69, 9.17) is 10.8 Å². The molecular formula is C15H24FN3O. The maximum absolute atomic E-state index is 13.7. The highest BCUT2D eigenvalue weighted by molar-refractivity contribution is 5.57. The maximum Gasteiger partial charge on any atom is 0.126 e. The lowest BCUT2D eigenvalue weighted by atomic mass is 10.0. The summed E-state index contributed by atoms with van der Waals surface area (Å²) in [7, 11) is 0. The number of aryl methyl sites for hydroxylation is 1. The van der Waals surface area contributed by atoms with Gasteiger partial charge in [0.25, 0.3) is 0 Å². The van der Waals surface area contributed by atoms with E-state index in [1.165, 1.54) is 0 Å². The Kier molecular flexibility index (Phi) is 4.96. The molecule has 4 nitrogen and oxygen atoms in total. The summed E-state index contributed by atoms with van der Waals surface area (Å²) in [4.78, 5) is 4.50. The SMILES string of the molecule is Cc1cc(N2CCN(CCO)CC2)c([C@H](C)N)cc1F. The van der Waals surface area contributed by atoms with E-state index in [2.05, 4.69) is 9.80 Å². The van der Waals surface area contributed by atoms with Crippen LogP contribution in [0.4, 0.5) is 10.1 Å². The fraction of sp³-hybridized carbons (Fsp3) is 0.600. The molecule has 0 bridgehead atoms. The van der Waals surface area contributed by atoms with E-state index >= 15 is 0 Å². The van der Waals surface area contributed by atoms with Gasteiger partial charge >= 0.3 is 0 Å². The van der Waals surface area contributed by atoms with Gasteiger partial charge in [0, 0.05) is 44.5 Å². The smallest absolute Gasteiger partial charge is 0.126 e. The second-order valence-corrected chi connectivity index (χ2v) is 5.50. The predicted octanol–water partition coefficient (Wildman–Crippen LogP) is 1.27. The van der Waals surface area contributed by atoms with Crippen molar-refractivity contribution in [3.8, 4) is 0 Å². The van der Waals surface area contributed by atoms with E-state index in [0.29, 0.717) is 5.56 Å². The largest absolute Gasteiger partial charge is 0.395 e. The van der Waals surface area contributed by atoms with Crippen molar-refractivity contribution in [1.82, 2.24) is 4.90 Å². The van der Waals surface area contributed by atoms with Gasteiger partial charge in [-0.15, -0.1) is 0 Å². The van der Waals surface area contributed by atoms with Crippen LogP contribution >= 0.6 is 0 Å². The molecule has 0 spiro atoms. The van der Waals surface area contributed by atoms with Crippen LogP contribution < -0.4 is 10.6 Å². The van der Waals surface area contributed by atoms with Crippen molar-refractivity contribution >= 4 is 5.69 Å². The van der Waals surface area contributed by atoms with Crippen molar-refractivity contribution in [2.45, 2.75) is 19.9 Å². The first-order chi connectivity index (χ1) is 9.52. The minimum Gasteiger partial charge on any atom is -0.395 e. The molecule has 20 heavy (non-hydrogen) atoms. The second-order valence-electron chi connectivity index (χ2n) is 5.50. The van der Waals surface area contributed by atoms with Gasteiger partial charge in [-0.1, -0.05) is 0 Å². The highest BCUT2D eigenvalue weighted by Crippen LogP contribution is 2.29. The van der Waals surface area contributed by atoms with Crippen LogP contribution in [-0.2, 0) is 0 Å². The summed E-state index contributed by atoms with van der Waals surface area (Å²) in [6, 6.07) is 3.28. The van der Waals surface area contributed by atoms with Crippen LogP contribution in [-0.4, -0.2) is 49.3 Å². The zero-order chi connectivity index (χ0) is 14.7. The molecule has 112 valence electrons. The van der Waals surface area contributed by atoms with Crippen LogP contribution in [0.3, 0.4) is 0 Å². The van der Waals surface area contributed by atoms with Crippen LogP contribution in [0.1, 0.15) is 24.1 Å². The van der Waals surface area contributed by atoms with Crippen molar-refractivity contribution < 1.29 is 9.50 Å². The number of hydrogen-bond acceptors (Lipinski definition) is 4. The molecule has 0 unspecified atom stereocenters. The highest BCUT2D eigenvalue weighted by atomic mass is 19.1. The third-order valence-electron chi connectivity index (χ3n) is 3.93. The molecule has 1 aliphatic rings. The third-order valence-corrected chi connectivity index (χ3v) is 3.93. The summed E-state index contributed by atoms with van der Waals surface area (Å²) >= 11 is 0. The molecule has 0 saturated carbocycles. The Labute approximate surface area is 120 Å². The molecule has 0 aliphatic carbocycles. The number of aliphatic hydroxyl groups excluding tert-OH is 1. The number of nitrogens with zero attached hydrogens (tertiary/aromatic N) is 2. The van der Waals surface area contributed by atoms with Crippen LogP contribution in [0.25, 0.3) is 0 Å². The van der Waals surface area contributed by atoms with Gasteiger partial charge < -0.3 is 15.7 Å². The second kappa shape index (κ2) is 6.52. The van der Waals surface area contributed by atoms with Crippen LogP contribution in [0.2, 0.25) is 0 Å². The Morgan fingerprint density at radius 2 is 1.95 bits per heavy atom. The Hall–Kier alpha value is -1.17. The number of rotatable bonds is 4. The van der Waals surface area contributed by atoms with Gasteiger partial charge in [0.1, 0.15) is 5.82 Å². The number of hydrogen-bond donors (Lipinski definition) is 2. The number of halogens is 1. The lowest BCUT2D eigenvalue weighted by Crippen LogP contribution is -2.47. The van der Waals surface area contributed by atoms with Gasteiger partial charge in [-0.2, -0.15) is 0 Å². The zero-order valence-electron chi connectivity index (χ0n) is 12.3. The number of aliphatic hydroxyl groups is 1. The normalized spacial score (nSPS) is 18.4. The Morgan fingerprint density at radius 3 is 2.50 bits per heavy atom. The fourth-order valence-electron chi connectivity index (χ4n) is 2.67. The molecule has 1 aromatic carbocycles. The summed E-state index contributed by atoms with van der Waals surface area (Å²) in [6.45, 7) is 8.17. The highest BCUT2D eigenvalue weighted by Gasteiger charge is 2.21.